The first-order valence-electron chi connectivity index (χ1n) is 5.31. The second kappa shape index (κ2) is 5.21. The molecule has 0 aliphatic rings. The number of carbonyl (C=O) groups is 1. The van der Waals surface area contributed by atoms with E-state index in [2.05, 4.69) is 15.5 Å². The molecule has 7 heteroatoms. The van der Waals surface area contributed by atoms with Crippen molar-refractivity contribution in [2.45, 2.75) is 0 Å². The lowest BCUT2D eigenvalue weighted by Crippen LogP contribution is -2.06. The quantitative estimate of drug-likeness (QED) is 0.768. The zero-order chi connectivity index (χ0) is 13.8. The third-order valence-corrected chi connectivity index (χ3v) is 2.30. The van der Waals surface area contributed by atoms with Crippen molar-refractivity contribution in [3.63, 3.8) is 0 Å². The maximum Gasteiger partial charge on any atom is 0.341 e. The first kappa shape index (κ1) is 12.6. The number of nitrogens with zero attached hydrogens (tertiary/aromatic N) is 2. The molecular formula is C12H11N3O4. The van der Waals surface area contributed by atoms with Crippen molar-refractivity contribution >= 4 is 17.5 Å². The van der Waals surface area contributed by atoms with Crippen molar-refractivity contribution in [1.82, 2.24) is 10.2 Å². The third kappa shape index (κ3) is 2.89. The maximum absolute atomic E-state index is 11.0. The molecule has 0 amide bonds. The molecule has 1 aromatic heterocycles. The highest BCUT2D eigenvalue weighted by Gasteiger charge is 2.14. The molecule has 98 valence electrons. The average molecular weight is 261 g/mol. The number of methoxy groups -OCH3 is 1. The van der Waals surface area contributed by atoms with Crippen LogP contribution >= 0.6 is 0 Å². The summed E-state index contributed by atoms with van der Waals surface area (Å²) in [5.41, 5.74) is 0.468. The maximum atomic E-state index is 11.0. The van der Waals surface area contributed by atoms with Crippen LogP contribution in [0.3, 0.4) is 0 Å². The third-order valence-electron chi connectivity index (χ3n) is 2.30. The van der Waals surface area contributed by atoms with E-state index in [-0.39, 0.29) is 23.0 Å². The van der Waals surface area contributed by atoms with E-state index in [0.29, 0.717) is 5.69 Å². The molecule has 0 atom stereocenters. The normalized spacial score (nSPS) is 9.95. The Kier molecular flexibility index (Phi) is 3.46. The van der Waals surface area contributed by atoms with Gasteiger partial charge in [-0.15, -0.1) is 10.2 Å². The number of anilines is 2. The Bertz CT molecular complexity index is 616. The van der Waals surface area contributed by atoms with Crippen LogP contribution in [-0.2, 0) is 0 Å². The minimum Gasteiger partial charge on any atom is -0.508 e. The van der Waals surface area contributed by atoms with Crippen molar-refractivity contribution in [3.05, 3.63) is 35.9 Å². The summed E-state index contributed by atoms with van der Waals surface area (Å²) in [5.74, 6) is -0.895. The van der Waals surface area contributed by atoms with Crippen molar-refractivity contribution < 1.29 is 19.7 Å². The minimum atomic E-state index is -1.16. The molecule has 3 N–H and O–H groups in total. The van der Waals surface area contributed by atoms with Crippen molar-refractivity contribution in [2.24, 2.45) is 0 Å². The van der Waals surface area contributed by atoms with Crippen molar-refractivity contribution in [2.75, 3.05) is 12.4 Å². The van der Waals surface area contributed by atoms with Gasteiger partial charge in [-0.3, -0.25) is 0 Å². The van der Waals surface area contributed by atoms with E-state index >= 15 is 0 Å². The predicted octanol–water partition coefficient (Wildman–Crippen LogP) is 1.63. The van der Waals surface area contributed by atoms with Crippen LogP contribution < -0.4 is 10.1 Å². The van der Waals surface area contributed by atoms with Gasteiger partial charge >= 0.3 is 5.97 Å². The first-order valence-corrected chi connectivity index (χ1v) is 5.31. The van der Waals surface area contributed by atoms with E-state index in [9.17, 15) is 9.90 Å². The van der Waals surface area contributed by atoms with Gasteiger partial charge in [0.1, 0.15) is 11.3 Å². The van der Waals surface area contributed by atoms with Gasteiger partial charge in [-0.1, -0.05) is 6.07 Å². The van der Waals surface area contributed by atoms with Crippen LogP contribution in [0.25, 0.3) is 0 Å². The number of rotatable bonds is 4. The van der Waals surface area contributed by atoms with E-state index in [1.807, 2.05) is 0 Å². The fourth-order valence-corrected chi connectivity index (χ4v) is 1.48. The molecule has 2 aromatic rings. The summed E-state index contributed by atoms with van der Waals surface area (Å²) in [5, 5.41) is 28.6. The van der Waals surface area contributed by atoms with Gasteiger partial charge in [0.15, 0.2) is 5.82 Å². The van der Waals surface area contributed by atoms with Crippen LogP contribution in [-0.4, -0.2) is 33.5 Å². The molecule has 1 heterocycles. The summed E-state index contributed by atoms with van der Waals surface area (Å²) in [6.07, 6.45) is 0. The highest BCUT2D eigenvalue weighted by Crippen LogP contribution is 2.22. The lowest BCUT2D eigenvalue weighted by molar-refractivity contribution is 0.0692. The molecule has 7 nitrogen and oxygen atoms in total. The van der Waals surface area contributed by atoms with Crippen molar-refractivity contribution in [3.8, 4) is 11.6 Å². The number of carboxylic acid groups (broad SMARTS) is 1. The molecule has 0 aliphatic carbocycles. The molecule has 0 aliphatic heterocycles. The largest absolute Gasteiger partial charge is 0.508 e. The smallest absolute Gasteiger partial charge is 0.341 e. The van der Waals surface area contributed by atoms with Crippen molar-refractivity contribution in [1.29, 1.82) is 0 Å². The average Bonchev–Trinajstić information content (AvgIpc) is 2.38. The summed E-state index contributed by atoms with van der Waals surface area (Å²) < 4.78 is 4.81. The van der Waals surface area contributed by atoms with Gasteiger partial charge in [-0.05, 0) is 12.1 Å². The van der Waals surface area contributed by atoms with Gasteiger partial charge in [0.25, 0.3) is 0 Å². The first-order chi connectivity index (χ1) is 9.10. The fraction of sp³-hybridized carbons (Fsp3) is 0.0833. The summed E-state index contributed by atoms with van der Waals surface area (Å²) in [6.45, 7) is 0. The molecular weight excluding hydrogens is 250 g/mol. The Morgan fingerprint density at radius 2 is 2.11 bits per heavy atom. The molecule has 1 aromatic carbocycles. The fourth-order valence-electron chi connectivity index (χ4n) is 1.48. The molecule has 0 unspecified atom stereocenters. The van der Waals surface area contributed by atoms with E-state index in [1.165, 1.54) is 25.3 Å². The number of aromatic carboxylic acids is 1. The monoisotopic (exact) mass is 261 g/mol. The van der Waals surface area contributed by atoms with E-state index in [1.54, 1.807) is 12.1 Å². The van der Waals surface area contributed by atoms with Crippen LogP contribution in [0.2, 0.25) is 0 Å². The van der Waals surface area contributed by atoms with Crippen LogP contribution in [0.15, 0.2) is 30.3 Å². The lowest BCUT2D eigenvalue weighted by Gasteiger charge is -2.07. The van der Waals surface area contributed by atoms with Gasteiger partial charge in [-0.25, -0.2) is 4.79 Å². The second-order valence-electron chi connectivity index (χ2n) is 3.63. The van der Waals surface area contributed by atoms with Crippen LogP contribution in [0, 0.1) is 0 Å². The molecule has 19 heavy (non-hydrogen) atoms. The zero-order valence-corrected chi connectivity index (χ0v) is 9.99. The number of aromatic hydroxyl groups is 1. The SMILES string of the molecule is COc1nnc(Nc2cccc(O)c2)cc1C(=O)O. The van der Waals surface area contributed by atoms with Gasteiger partial charge in [-0.2, -0.15) is 0 Å². The van der Waals surface area contributed by atoms with Crippen LogP contribution in [0.4, 0.5) is 11.5 Å². The standard InChI is InChI=1S/C12H11N3O4/c1-19-11-9(12(17)18)6-10(14-15-11)13-7-3-2-4-8(16)5-7/h2-6,16H,1H3,(H,13,14)(H,17,18). The van der Waals surface area contributed by atoms with E-state index < -0.39 is 5.97 Å². The highest BCUT2D eigenvalue weighted by molar-refractivity contribution is 5.91. The number of nitrogens with one attached hydrogen (secondary N) is 1. The Balaban J connectivity index is 2.31. The Morgan fingerprint density at radius 3 is 2.74 bits per heavy atom. The molecule has 0 fully saturated rings. The number of hydrogen-bond acceptors (Lipinski definition) is 6. The Morgan fingerprint density at radius 1 is 1.32 bits per heavy atom. The molecule has 0 radical (unpaired) electrons. The topological polar surface area (TPSA) is 105 Å². The molecule has 0 saturated carbocycles. The minimum absolute atomic E-state index is 0.0611. The zero-order valence-electron chi connectivity index (χ0n) is 9.99. The summed E-state index contributed by atoms with van der Waals surface area (Å²) in [7, 11) is 1.32. The predicted molar refractivity (Wildman–Crippen MR) is 66.9 cm³/mol. The van der Waals surface area contributed by atoms with Gasteiger partial charge < -0.3 is 20.3 Å². The molecule has 2 rings (SSSR count). The van der Waals surface area contributed by atoms with Crippen LogP contribution in [0.1, 0.15) is 10.4 Å². The highest BCUT2D eigenvalue weighted by atomic mass is 16.5. The summed E-state index contributed by atoms with van der Waals surface area (Å²) in [6, 6.07) is 7.65. The number of phenolic OH excluding ortho intramolecular Hbond substituents is 1. The Hall–Kier alpha value is -2.83. The number of carboxylic acids is 1. The van der Waals surface area contributed by atoms with Gasteiger partial charge in [0, 0.05) is 17.8 Å². The number of aromatic nitrogens is 2. The Labute approximate surface area is 108 Å². The second-order valence-corrected chi connectivity index (χ2v) is 3.63. The number of benzene rings is 1. The molecule has 0 saturated heterocycles. The van der Waals surface area contributed by atoms with E-state index in [4.69, 9.17) is 9.84 Å². The van der Waals surface area contributed by atoms with E-state index in [0.717, 1.165) is 0 Å². The molecule has 0 spiro atoms. The number of phenols is 1. The summed E-state index contributed by atoms with van der Waals surface area (Å²) in [4.78, 5) is 11.0. The van der Waals surface area contributed by atoms with Gasteiger partial charge in [0.2, 0.25) is 5.88 Å². The molecule has 0 bridgehead atoms. The van der Waals surface area contributed by atoms with Gasteiger partial charge in [0.05, 0.1) is 7.11 Å². The van der Waals surface area contributed by atoms with Crippen LogP contribution in [0.5, 0.6) is 11.6 Å². The number of ether oxygens (including phenoxy) is 1. The lowest BCUT2D eigenvalue weighted by atomic mass is 10.2. The number of hydrogen-bond donors (Lipinski definition) is 3. The summed E-state index contributed by atoms with van der Waals surface area (Å²) >= 11 is 0.